The van der Waals surface area contributed by atoms with Gasteiger partial charge in [0, 0.05) is 24.8 Å². The highest BCUT2D eigenvalue weighted by atomic mass is 32.2. The second kappa shape index (κ2) is 8.42. The van der Waals surface area contributed by atoms with Crippen LogP contribution in [0.5, 0.6) is 5.75 Å². The van der Waals surface area contributed by atoms with E-state index in [4.69, 9.17) is 0 Å². The summed E-state index contributed by atoms with van der Waals surface area (Å²) < 4.78 is 64.6. The van der Waals surface area contributed by atoms with E-state index in [-0.39, 0.29) is 30.3 Å². The van der Waals surface area contributed by atoms with Gasteiger partial charge in [-0.25, -0.2) is 8.42 Å². The number of hydrogen-bond acceptors (Lipinski definition) is 5. The molecule has 1 aliphatic rings. The number of nitrogens with zero attached hydrogens (tertiary/aromatic N) is 1. The molecule has 6 nitrogen and oxygen atoms in total. The molecule has 0 spiro atoms. The zero-order chi connectivity index (χ0) is 21.1. The number of hydrogen-bond donors (Lipinski definition) is 1. The normalized spacial score (nSPS) is 18.0. The highest BCUT2D eigenvalue weighted by Gasteiger charge is 2.33. The molecule has 0 aliphatic carbocycles. The summed E-state index contributed by atoms with van der Waals surface area (Å²) in [5.41, 5.74) is 0.800. The van der Waals surface area contributed by atoms with Gasteiger partial charge in [0.15, 0.2) is 9.84 Å². The molecule has 1 amide bonds. The number of nitrogens with one attached hydrogen (secondary N) is 1. The summed E-state index contributed by atoms with van der Waals surface area (Å²) in [6.45, 7) is 0.374. The maximum absolute atomic E-state index is 13.0. The minimum Gasteiger partial charge on any atom is -0.406 e. The van der Waals surface area contributed by atoms with Crippen LogP contribution in [0.15, 0.2) is 54.6 Å². The molecule has 1 heterocycles. The van der Waals surface area contributed by atoms with E-state index in [0.717, 1.165) is 12.1 Å². The van der Waals surface area contributed by atoms with Crippen molar-refractivity contribution >= 4 is 21.4 Å². The van der Waals surface area contributed by atoms with Gasteiger partial charge < -0.3 is 10.1 Å². The molecule has 10 heteroatoms. The van der Waals surface area contributed by atoms with Crippen molar-refractivity contribution in [1.82, 2.24) is 4.90 Å². The lowest BCUT2D eigenvalue weighted by Gasteiger charge is -2.33. The molecule has 1 aliphatic heterocycles. The van der Waals surface area contributed by atoms with E-state index in [1.54, 1.807) is 35.2 Å². The predicted octanol–water partition coefficient (Wildman–Crippen LogP) is 3.00. The van der Waals surface area contributed by atoms with Crippen LogP contribution in [0.1, 0.15) is 11.6 Å². The van der Waals surface area contributed by atoms with Gasteiger partial charge in [-0.3, -0.25) is 9.69 Å². The highest BCUT2D eigenvalue weighted by molar-refractivity contribution is 7.91. The second-order valence-electron chi connectivity index (χ2n) is 6.57. The Kier molecular flexibility index (Phi) is 6.13. The Labute approximate surface area is 166 Å². The third-order valence-electron chi connectivity index (χ3n) is 4.44. The van der Waals surface area contributed by atoms with Crippen molar-refractivity contribution in [2.75, 3.05) is 29.9 Å². The quantitative estimate of drug-likeness (QED) is 0.793. The molecule has 0 bridgehead atoms. The van der Waals surface area contributed by atoms with Gasteiger partial charge in [-0.15, -0.1) is 13.2 Å². The molecular weight excluding hydrogens is 409 g/mol. The standard InChI is InChI=1S/C19H19F3N2O4S/c20-19(21,22)28-16-8-4-7-15(13-16)23-18(25)17(14-5-2-1-3-6-14)24-9-11-29(26,27)12-10-24/h1-8,13,17H,9-12H2,(H,23,25). The predicted molar refractivity (Wildman–Crippen MR) is 101 cm³/mol. The highest BCUT2D eigenvalue weighted by Crippen LogP contribution is 2.28. The lowest BCUT2D eigenvalue weighted by Crippen LogP contribution is -2.46. The molecule has 2 aromatic carbocycles. The lowest BCUT2D eigenvalue weighted by molar-refractivity contribution is -0.274. The molecule has 0 saturated carbocycles. The number of rotatable bonds is 5. The SMILES string of the molecule is O=C(Nc1cccc(OC(F)(F)F)c1)C(c1ccccc1)N1CCS(=O)(=O)CC1. The maximum atomic E-state index is 13.0. The van der Waals surface area contributed by atoms with Gasteiger partial charge in [0.1, 0.15) is 11.8 Å². The molecule has 2 aromatic rings. The molecule has 29 heavy (non-hydrogen) atoms. The van der Waals surface area contributed by atoms with Crippen molar-refractivity contribution < 1.29 is 31.1 Å². The fourth-order valence-corrected chi connectivity index (χ4v) is 4.36. The van der Waals surface area contributed by atoms with Crippen LogP contribution in [0.4, 0.5) is 18.9 Å². The Morgan fingerprint density at radius 2 is 1.69 bits per heavy atom. The summed E-state index contributed by atoms with van der Waals surface area (Å²) in [5, 5.41) is 2.61. The van der Waals surface area contributed by atoms with E-state index in [1.807, 2.05) is 0 Å². The minimum atomic E-state index is -4.84. The van der Waals surface area contributed by atoms with Gasteiger partial charge in [0.25, 0.3) is 0 Å². The molecule has 3 rings (SSSR count). The molecule has 0 radical (unpaired) electrons. The van der Waals surface area contributed by atoms with Crippen molar-refractivity contribution in [3.8, 4) is 5.75 Å². The fourth-order valence-electron chi connectivity index (χ4n) is 3.13. The smallest absolute Gasteiger partial charge is 0.406 e. The van der Waals surface area contributed by atoms with E-state index in [1.165, 1.54) is 12.1 Å². The number of halogens is 3. The number of sulfone groups is 1. The zero-order valence-electron chi connectivity index (χ0n) is 15.2. The fraction of sp³-hybridized carbons (Fsp3) is 0.316. The number of benzene rings is 2. The van der Waals surface area contributed by atoms with Crippen molar-refractivity contribution in [3.63, 3.8) is 0 Å². The molecular formula is C19H19F3N2O4S. The number of anilines is 1. The van der Waals surface area contributed by atoms with Crippen LogP contribution < -0.4 is 10.1 Å². The van der Waals surface area contributed by atoms with Crippen molar-refractivity contribution in [1.29, 1.82) is 0 Å². The van der Waals surface area contributed by atoms with Crippen LogP contribution in [-0.2, 0) is 14.6 Å². The third-order valence-corrected chi connectivity index (χ3v) is 6.05. The first-order valence-electron chi connectivity index (χ1n) is 8.79. The summed E-state index contributed by atoms with van der Waals surface area (Å²) in [6, 6.07) is 13.0. The molecule has 1 unspecified atom stereocenters. The van der Waals surface area contributed by atoms with Crippen molar-refractivity contribution in [2.24, 2.45) is 0 Å². The van der Waals surface area contributed by atoms with Crippen molar-refractivity contribution in [3.05, 3.63) is 60.2 Å². The van der Waals surface area contributed by atoms with Gasteiger partial charge in [0.05, 0.1) is 11.5 Å². The molecule has 0 aromatic heterocycles. The number of carbonyl (C=O) groups excluding carboxylic acids is 1. The first kappa shape index (κ1) is 21.1. The molecule has 1 N–H and O–H groups in total. The number of amides is 1. The van der Waals surface area contributed by atoms with Crippen LogP contribution in [0.2, 0.25) is 0 Å². The van der Waals surface area contributed by atoms with Gasteiger partial charge in [0.2, 0.25) is 5.91 Å². The first-order chi connectivity index (χ1) is 13.6. The summed E-state index contributed by atoms with van der Waals surface area (Å²) in [5.74, 6) is -1.04. The molecule has 1 saturated heterocycles. The Bertz CT molecular complexity index is 951. The van der Waals surface area contributed by atoms with Crippen LogP contribution in [-0.4, -0.2) is 50.2 Å². The molecule has 156 valence electrons. The van der Waals surface area contributed by atoms with Crippen LogP contribution in [0, 0.1) is 0 Å². The number of alkyl halides is 3. The summed E-state index contributed by atoms with van der Waals surface area (Å²) in [4.78, 5) is 14.8. The van der Waals surface area contributed by atoms with E-state index >= 15 is 0 Å². The molecule has 1 fully saturated rings. The number of carbonyl (C=O) groups is 1. The van der Waals surface area contributed by atoms with Crippen molar-refractivity contribution in [2.45, 2.75) is 12.4 Å². The average molecular weight is 428 g/mol. The van der Waals surface area contributed by atoms with Crippen LogP contribution >= 0.6 is 0 Å². The van der Waals surface area contributed by atoms with E-state index in [0.29, 0.717) is 5.56 Å². The van der Waals surface area contributed by atoms with E-state index in [2.05, 4.69) is 10.1 Å². The van der Waals surface area contributed by atoms with Gasteiger partial charge in [-0.05, 0) is 17.7 Å². The monoisotopic (exact) mass is 428 g/mol. The van der Waals surface area contributed by atoms with E-state index in [9.17, 15) is 26.4 Å². The Morgan fingerprint density at radius 1 is 1.03 bits per heavy atom. The minimum absolute atomic E-state index is 0.0570. The summed E-state index contributed by atoms with van der Waals surface area (Å²) >= 11 is 0. The number of ether oxygens (including phenoxy) is 1. The third kappa shape index (κ3) is 5.94. The topological polar surface area (TPSA) is 75.7 Å². The summed E-state index contributed by atoms with van der Waals surface area (Å²) in [7, 11) is -3.14. The van der Waals surface area contributed by atoms with Gasteiger partial charge in [-0.2, -0.15) is 0 Å². The van der Waals surface area contributed by atoms with Gasteiger partial charge in [-0.1, -0.05) is 36.4 Å². The van der Waals surface area contributed by atoms with Gasteiger partial charge >= 0.3 is 6.36 Å². The zero-order valence-corrected chi connectivity index (χ0v) is 16.0. The lowest BCUT2D eigenvalue weighted by atomic mass is 10.0. The average Bonchev–Trinajstić information content (AvgIpc) is 2.63. The Morgan fingerprint density at radius 3 is 2.31 bits per heavy atom. The van der Waals surface area contributed by atoms with Crippen LogP contribution in [0.25, 0.3) is 0 Å². The Hall–Kier alpha value is -2.59. The second-order valence-corrected chi connectivity index (χ2v) is 8.87. The summed E-state index contributed by atoms with van der Waals surface area (Å²) in [6.07, 6.45) is -4.84. The van der Waals surface area contributed by atoms with Crippen LogP contribution in [0.3, 0.4) is 0 Å². The molecule has 1 atom stereocenters. The Balaban J connectivity index is 1.81. The largest absolute Gasteiger partial charge is 0.573 e. The first-order valence-corrected chi connectivity index (χ1v) is 10.6. The van der Waals surface area contributed by atoms with E-state index < -0.39 is 33.9 Å². The maximum Gasteiger partial charge on any atom is 0.573 e.